The predicted molar refractivity (Wildman–Crippen MR) is 75.6 cm³/mol. The van der Waals surface area contributed by atoms with Gasteiger partial charge in [-0.25, -0.2) is 4.98 Å². The number of nitrogens with zero attached hydrogens (tertiary/aromatic N) is 2. The summed E-state index contributed by atoms with van der Waals surface area (Å²) in [7, 11) is 2.09. The van der Waals surface area contributed by atoms with Gasteiger partial charge in [-0.3, -0.25) is 0 Å². The van der Waals surface area contributed by atoms with Gasteiger partial charge in [0.25, 0.3) is 0 Å². The fourth-order valence-corrected chi connectivity index (χ4v) is 2.58. The van der Waals surface area contributed by atoms with Crippen molar-refractivity contribution in [2.75, 3.05) is 11.9 Å². The second kappa shape index (κ2) is 4.61. The molecule has 1 fully saturated rings. The van der Waals surface area contributed by atoms with Crippen molar-refractivity contribution in [3.63, 3.8) is 0 Å². The summed E-state index contributed by atoms with van der Waals surface area (Å²) in [4.78, 5) is 7.29. The van der Waals surface area contributed by atoms with Crippen LogP contribution in [0, 0.1) is 13.8 Å². The third-order valence-corrected chi connectivity index (χ3v) is 3.73. The molecule has 17 heavy (non-hydrogen) atoms. The molecule has 0 amide bonds. The van der Waals surface area contributed by atoms with Crippen LogP contribution < -0.4 is 10.6 Å². The Balaban J connectivity index is 2.46. The summed E-state index contributed by atoms with van der Waals surface area (Å²) in [5, 5.41) is 0. The minimum atomic E-state index is 0.441. The van der Waals surface area contributed by atoms with Gasteiger partial charge in [-0.05, 0) is 44.7 Å². The normalized spacial score (nSPS) is 15.5. The van der Waals surface area contributed by atoms with E-state index in [1.807, 2.05) is 19.9 Å². The van der Waals surface area contributed by atoms with E-state index in [1.54, 1.807) is 0 Å². The topological polar surface area (TPSA) is 42.1 Å². The number of aryl methyl sites for hydroxylation is 2. The Hall–Kier alpha value is -1.16. The fourth-order valence-electron chi connectivity index (χ4n) is 2.32. The molecular weight excluding hydrogens is 230 g/mol. The zero-order valence-electron chi connectivity index (χ0n) is 10.7. The van der Waals surface area contributed by atoms with Crippen LogP contribution in [0.15, 0.2) is 6.07 Å². The molecule has 1 aromatic rings. The Kier molecular flexibility index (Phi) is 3.33. The van der Waals surface area contributed by atoms with E-state index in [-0.39, 0.29) is 0 Å². The average Bonchev–Trinajstić information content (AvgIpc) is 2.12. The zero-order valence-corrected chi connectivity index (χ0v) is 11.5. The van der Waals surface area contributed by atoms with Gasteiger partial charge in [0.2, 0.25) is 0 Å². The van der Waals surface area contributed by atoms with Gasteiger partial charge in [-0.2, -0.15) is 0 Å². The summed E-state index contributed by atoms with van der Waals surface area (Å²) in [5.74, 6) is 0.944. The summed E-state index contributed by atoms with van der Waals surface area (Å²) in [5.41, 5.74) is 8.89. The Morgan fingerprint density at radius 1 is 1.47 bits per heavy atom. The first-order valence-corrected chi connectivity index (χ1v) is 6.42. The van der Waals surface area contributed by atoms with Crippen molar-refractivity contribution in [3.05, 3.63) is 22.9 Å². The van der Waals surface area contributed by atoms with E-state index >= 15 is 0 Å². The van der Waals surface area contributed by atoms with Crippen molar-refractivity contribution < 1.29 is 0 Å². The van der Waals surface area contributed by atoms with Crippen molar-refractivity contribution in [2.24, 2.45) is 5.73 Å². The number of pyridine rings is 1. The predicted octanol–water partition coefficient (Wildman–Crippen LogP) is 2.32. The number of rotatable bonds is 3. The lowest BCUT2D eigenvalue weighted by Gasteiger charge is -2.36. The van der Waals surface area contributed by atoms with Gasteiger partial charge in [-0.1, -0.05) is 12.2 Å². The van der Waals surface area contributed by atoms with Crippen LogP contribution in [0.3, 0.4) is 0 Å². The second-order valence-corrected chi connectivity index (χ2v) is 5.28. The molecule has 92 valence electrons. The Morgan fingerprint density at radius 3 is 2.59 bits per heavy atom. The van der Waals surface area contributed by atoms with E-state index in [0.29, 0.717) is 11.0 Å². The highest BCUT2D eigenvalue weighted by Gasteiger charge is 2.26. The van der Waals surface area contributed by atoms with E-state index in [4.69, 9.17) is 18.0 Å². The van der Waals surface area contributed by atoms with E-state index in [0.717, 1.165) is 22.6 Å². The molecular formula is C13H19N3S. The first-order valence-electron chi connectivity index (χ1n) is 6.01. The molecule has 2 N–H and O–H groups in total. The van der Waals surface area contributed by atoms with E-state index < -0.39 is 0 Å². The first-order chi connectivity index (χ1) is 8.00. The molecule has 1 saturated carbocycles. The molecule has 0 spiro atoms. The summed E-state index contributed by atoms with van der Waals surface area (Å²) >= 11 is 5.15. The molecule has 1 heterocycles. The highest BCUT2D eigenvalue weighted by atomic mass is 32.1. The van der Waals surface area contributed by atoms with Crippen LogP contribution in [0.1, 0.15) is 36.1 Å². The van der Waals surface area contributed by atoms with Crippen LogP contribution in [-0.2, 0) is 0 Å². The molecule has 1 aromatic heterocycles. The zero-order chi connectivity index (χ0) is 12.6. The summed E-state index contributed by atoms with van der Waals surface area (Å²) < 4.78 is 0. The summed E-state index contributed by atoms with van der Waals surface area (Å²) in [6.07, 6.45) is 3.78. The second-order valence-electron chi connectivity index (χ2n) is 4.84. The van der Waals surface area contributed by atoms with E-state index in [1.165, 1.54) is 19.3 Å². The molecule has 0 aliphatic heterocycles. The lowest BCUT2D eigenvalue weighted by molar-refractivity contribution is 0.399. The molecule has 0 unspecified atom stereocenters. The van der Waals surface area contributed by atoms with Crippen molar-refractivity contribution >= 4 is 23.0 Å². The van der Waals surface area contributed by atoms with E-state index in [2.05, 4.69) is 16.9 Å². The van der Waals surface area contributed by atoms with Crippen LogP contribution in [0.5, 0.6) is 0 Å². The monoisotopic (exact) mass is 249 g/mol. The minimum Gasteiger partial charge on any atom is -0.389 e. The maximum Gasteiger partial charge on any atom is 0.139 e. The first kappa shape index (κ1) is 12.3. The van der Waals surface area contributed by atoms with Gasteiger partial charge in [-0.15, -0.1) is 0 Å². The summed E-state index contributed by atoms with van der Waals surface area (Å²) in [6, 6.07) is 2.63. The smallest absolute Gasteiger partial charge is 0.139 e. The molecule has 0 bridgehead atoms. The van der Waals surface area contributed by atoms with Crippen molar-refractivity contribution in [2.45, 2.75) is 39.2 Å². The SMILES string of the molecule is Cc1cc(C)c(C(N)=S)c(N(C)C2CCC2)n1. The molecule has 1 aliphatic rings. The molecule has 2 rings (SSSR count). The third kappa shape index (κ3) is 2.27. The fraction of sp³-hybridized carbons (Fsp3) is 0.538. The van der Waals surface area contributed by atoms with Gasteiger partial charge in [0.15, 0.2) is 0 Å². The standard InChI is InChI=1S/C13H19N3S/c1-8-7-9(2)15-13(11(8)12(14)17)16(3)10-5-4-6-10/h7,10H,4-6H2,1-3H3,(H2,14,17). The minimum absolute atomic E-state index is 0.441. The molecule has 0 radical (unpaired) electrons. The lowest BCUT2D eigenvalue weighted by Crippen LogP contribution is -2.39. The van der Waals surface area contributed by atoms with Gasteiger partial charge in [0.1, 0.15) is 10.8 Å². The molecule has 0 atom stereocenters. The van der Waals surface area contributed by atoms with Crippen molar-refractivity contribution in [1.82, 2.24) is 4.98 Å². The van der Waals surface area contributed by atoms with Gasteiger partial charge < -0.3 is 10.6 Å². The van der Waals surface area contributed by atoms with Gasteiger partial charge >= 0.3 is 0 Å². The molecule has 1 aliphatic carbocycles. The van der Waals surface area contributed by atoms with Crippen LogP contribution in [-0.4, -0.2) is 23.1 Å². The van der Waals surface area contributed by atoms with Crippen LogP contribution >= 0.6 is 12.2 Å². The maximum atomic E-state index is 5.83. The maximum absolute atomic E-state index is 5.83. The Morgan fingerprint density at radius 2 is 2.12 bits per heavy atom. The summed E-state index contributed by atoms with van der Waals surface area (Å²) in [6.45, 7) is 4.05. The largest absolute Gasteiger partial charge is 0.389 e. The third-order valence-electron chi connectivity index (χ3n) is 3.53. The number of thiocarbonyl (C=S) groups is 1. The van der Waals surface area contributed by atoms with Crippen LogP contribution in [0.2, 0.25) is 0 Å². The molecule has 4 heteroatoms. The number of hydrogen-bond acceptors (Lipinski definition) is 3. The highest BCUT2D eigenvalue weighted by Crippen LogP contribution is 2.30. The molecule has 3 nitrogen and oxygen atoms in total. The molecule has 0 saturated heterocycles. The average molecular weight is 249 g/mol. The Bertz CT molecular complexity index is 452. The number of aromatic nitrogens is 1. The highest BCUT2D eigenvalue weighted by molar-refractivity contribution is 7.80. The van der Waals surface area contributed by atoms with Crippen molar-refractivity contribution in [3.8, 4) is 0 Å². The van der Waals surface area contributed by atoms with Crippen LogP contribution in [0.4, 0.5) is 5.82 Å². The van der Waals surface area contributed by atoms with Crippen LogP contribution in [0.25, 0.3) is 0 Å². The number of hydrogen-bond donors (Lipinski definition) is 1. The quantitative estimate of drug-likeness (QED) is 0.835. The number of anilines is 1. The van der Waals surface area contributed by atoms with Gasteiger partial charge in [0.05, 0.1) is 5.56 Å². The Labute approximate surface area is 108 Å². The van der Waals surface area contributed by atoms with E-state index in [9.17, 15) is 0 Å². The lowest BCUT2D eigenvalue weighted by atomic mass is 9.91. The number of nitrogens with two attached hydrogens (primary N) is 1. The van der Waals surface area contributed by atoms with Crippen molar-refractivity contribution in [1.29, 1.82) is 0 Å². The van der Waals surface area contributed by atoms with Gasteiger partial charge in [0, 0.05) is 18.8 Å². The molecule has 0 aromatic carbocycles.